The molecule has 0 aliphatic rings. The van der Waals surface area contributed by atoms with E-state index in [2.05, 4.69) is 26.2 Å². The molecule has 0 aliphatic heterocycles. The monoisotopic (exact) mass is 334 g/mol. The Morgan fingerprint density at radius 1 is 1.56 bits per heavy atom. The van der Waals surface area contributed by atoms with Crippen LogP contribution in [0.1, 0.15) is 20.3 Å². The van der Waals surface area contributed by atoms with E-state index in [1.54, 1.807) is 6.07 Å². The first-order chi connectivity index (χ1) is 8.22. The average Bonchev–Trinajstić information content (AvgIpc) is 2.22. The number of carbonyl (C=O) groups is 2. The van der Waals surface area contributed by atoms with Gasteiger partial charge in [-0.3, -0.25) is 9.59 Å². The summed E-state index contributed by atoms with van der Waals surface area (Å²) in [5, 5.41) is 11.8. The molecule has 0 radical (unpaired) electrons. The largest absolute Gasteiger partial charge is 0.481 e. The molecule has 1 amide bonds. The van der Waals surface area contributed by atoms with Crippen LogP contribution in [0.15, 0.2) is 16.7 Å². The average molecular weight is 336 g/mol. The van der Waals surface area contributed by atoms with Crippen molar-refractivity contribution < 1.29 is 14.7 Å². The lowest BCUT2D eigenvalue weighted by Gasteiger charge is -2.18. The van der Waals surface area contributed by atoms with Gasteiger partial charge >= 0.3 is 5.97 Å². The van der Waals surface area contributed by atoms with Gasteiger partial charge in [0.15, 0.2) is 0 Å². The number of carboxylic acid groups (broad SMARTS) is 1. The lowest BCUT2D eigenvalue weighted by atomic mass is 9.89. The molecule has 0 atom stereocenters. The van der Waals surface area contributed by atoms with Gasteiger partial charge in [0.2, 0.25) is 5.91 Å². The number of anilines is 1. The van der Waals surface area contributed by atoms with Crippen molar-refractivity contribution in [3.63, 3.8) is 0 Å². The fraction of sp³-hybridized carbons (Fsp3) is 0.364. The highest BCUT2D eigenvalue weighted by Gasteiger charge is 2.30. The Morgan fingerprint density at radius 3 is 2.67 bits per heavy atom. The Balaban J connectivity index is 2.71. The van der Waals surface area contributed by atoms with E-state index < -0.39 is 17.3 Å². The highest BCUT2D eigenvalue weighted by atomic mass is 79.9. The molecule has 0 unspecified atom stereocenters. The van der Waals surface area contributed by atoms with Gasteiger partial charge in [0.05, 0.1) is 21.8 Å². The van der Waals surface area contributed by atoms with E-state index in [1.807, 2.05) is 0 Å². The van der Waals surface area contributed by atoms with Crippen molar-refractivity contribution >= 4 is 45.1 Å². The molecule has 98 valence electrons. The lowest BCUT2D eigenvalue weighted by molar-refractivity contribution is -0.148. The van der Waals surface area contributed by atoms with Crippen molar-refractivity contribution in [1.29, 1.82) is 0 Å². The summed E-state index contributed by atoms with van der Waals surface area (Å²) in [5.41, 5.74) is -0.654. The van der Waals surface area contributed by atoms with E-state index in [1.165, 1.54) is 20.0 Å². The summed E-state index contributed by atoms with van der Waals surface area (Å²) in [6.45, 7) is 2.98. The van der Waals surface area contributed by atoms with Crippen molar-refractivity contribution in [2.24, 2.45) is 5.41 Å². The van der Waals surface area contributed by atoms with E-state index in [0.29, 0.717) is 15.3 Å². The van der Waals surface area contributed by atoms with Crippen molar-refractivity contribution in [2.45, 2.75) is 20.3 Å². The van der Waals surface area contributed by atoms with Crippen LogP contribution in [0, 0.1) is 5.41 Å². The van der Waals surface area contributed by atoms with Crippen LogP contribution in [0.5, 0.6) is 0 Å². The molecule has 0 bridgehead atoms. The molecule has 0 fully saturated rings. The first-order valence-corrected chi connectivity index (χ1v) is 6.24. The van der Waals surface area contributed by atoms with Crippen LogP contribution >= 0.6 is 27.5 Å². The molecule has 0 saturated heterocycles. The number of rotatable bonds is 4. The molecular formula is C11H12BrClN2O3. The Labute approximate surface area is 118 Å². The molecule has 5 nitrogen and oxygen atoms in total. The number of nitrogens with zero attached hydrogens (tertiary/aromatic N) is 1. The summed E-state index contributed by atoms with van der Waals surface area (Å²) in [6.07, 6.45) is 1.28. The topological polar surface area (TPSA) is 79.3 Å². The van der Waals surface area contributed by atoms with E-state index >= 15 is 0 Å². The molecule has 0 saturated carbocycles. The van der Waals surface area contributed by atoms with E-state index in [0.717, 1.165) is 0 Å². The minimum atomic E-state index is -1.11. The molecule has 2 N–H and O–H groups in total. The maximum absolute atomic E-state index is 11.7. The molecule has 18 heavy (non-hydrogen) atoms. The van der Waals surface area contributed by atoms with Gasteiger partial charge in [0.1, 0.15) is 5.15 Å². The predicted molar refractivity (Wildman–Crippen MR) is 71.6 cm³/mol. The summed E-state index contributed by atoms with van der Waals surface area (Å²) in [4.78, 5) is 26.4. The number of carboxylic acids is 1. The molecule has 7 heteroatoms. The number of halogens is 2. The third-order valence-electron chi connectivity index (χ3n) is 2.26. The third-order valence-corrected chi connectivity index (χ3v) is 3.40. The van der Waals surface area contributed by atoms with Crippen LogP contribution in [-0.4, -0.2) is 22.0 Å². The number of amides is 1. The van der Waals surface area contributed by atoms with Crippen LogP contribution < -0.4 is 5.32 Å². The maximum Gasteiger partial charge on any atom is 0.309 e. The molecule has 0 aromatic carbocycles. The van der Waals surface area contributed by atoms with Crippen LogP contribution in [0.2, 0.25) is 5.15 Å². The summed E-state index contributed by atoms with van der Waals surface area (Å²) in [5.74, 6) is -1.41. The fourth-order valence-electron chi connectivity index (χ4n) is 1.17. The summed E-state index contributed by atoms with van der Waals surface area (Å²) < 4.78 is 0.555. The number of nitrogens with one attached hydrogen (secondary N) is 1. The summed E-state index contributed by atoms with van der Waals surface area (Å²) in [6, 6.07) is 1.60. The minimum absolute atomic E-state index is 0.122. The summed E-state index contributed by atoms with van der Waals surface area (Å²) in [7, 11) is 0. The second-order valence-corrected chi connectivity index (χ2v) is 5.62. The SMILES string of the molecule is CC(C)(CC(=O)Nc1cnc(Cl)c(Br)c1)C(=O)O. The van der Waals surface area contributed by atoms with E-state index in [-0.39, 0.29) is 6.42 Å². The van der Waals surface area contributed by atoms with Gasteiger partial charge in [0.25, 0.3) is 0 Å². The van der Waals surface area contributed by atoms with Gasteiger partial charge in [-0.15, -0.1) is 0 Å². The van der Waals surface area contributed by atoms with Crippen molar-refractivity contribution in [2.75, 3.05) is 5.32 Å². The number of hydrogen-bond acceptors (Lipinski definition) is 3. The Bertz CT molecular complexity index is 491. The van der Waals surface area contributed by atoms with E-state index in [4.69, 9.17) is 16.7 Å². The Kier molecular flexibility index (Phi) is 4.70. The Morgan fingerprint density at radius 2 is 2.17 bits per heavy atom. The molecule has 1 aromatic heterocycles. The van der Waals surface area contributed by atoms with Crippen LogP contribution in [0.25, 0.3) is 0 Å². The Hall–Kier alpha value is -1.14. The predicted octanol–water partition coefficient (Wildman–Crippen LogP) is 2.94. The van der Waals surface area contributed by atoms with Crippen LogP contribution in [0.3, 0.4) is 0 Å². The lowest BCUT2D eigenvalue weighted by Crippen LogP contribution is -2.29. The fourth-order valence-corrected chi connectivity index (χ4v) is 1.62. The van der Waals surface area contributed by atoms with Gasteiger partial charge in [0, 0.05) is 6.42 Å². The summed E-state index contributed by atoms with van der Waals surface area (Å²) >= 11 is 8.90. The first kappa shape index (κ1) is 14.9. The molecular weight excluding hydrogens is 323 g/mol. The van der Waals surface area contributed by atoms with Crippen molar-refractivity contribution in [3.05, 3.63) is 21.9 Å². The van der Waals surface area contributed by atoms with Crippen molar-refractivity contribution in [1.82, 2.24) is 4.98 Å². The highest BCUT2D eigenvalue weighted by molar-refractivity contribution is 9.10. The molecule has 0 aliphatic carbocycles. The van der Waals surface area contributed by atoms with Gasteiger partial charge in [-0.05, 0) is 35.8 Å². The number of aromatic nitrogens is 1. The maximum atomic E-state index is 11.7. The second-order valence-electron chi connectivity index (χ2n) is 4.41. The smallest absolute Gasteiger partial charge is 0.309 e. The zero-order chi connectivity index (χ0) is 13.9. The number of hydrogen-bond donors (Lipinski definition) is 2. The van der Waals surface area contributed by atoms with E-state index in [9.17, 15) is 9.59 Å². The minimum Gasteiger partial charge on any atom is -0.481 e. The molecule has 1 rings (SSSR count). The molecule has 1 heterocycles. The van der Waals surface area contributed by atoms with Crippen molar-refractivity contribution in [3.8, 4) is 0 Å². The van der Waals surface area contributed by atoms with Crippen LogP contribution in [0.4, 0.5) is 5.69 Å². The zero-order valence-electron chi connectivity index (χ0n) is 9.83. The standard InChI is InChI=1S/C11H12BrClN2O3/c1-11(2,10(17)18)4-8(16)15-6-3-7(12)9(13)14-5-6/h3,5H,4H2,1-2H3,(H,15,16)(H,17,18). The number of pyridine rings is 1. The number of carbonyl (C=O) groups excluding carboxylic acids is 1. The van der Waals surface area contributed by atoms with Gasteiger partial charge in [-0.25, -0.2) is 4.98 Å². The van der Waals surface area contributed by atoms with Gasteiger partial charge in [-0.1, -0.05) is 11.6 Å². The highest BCUT2D eigenvalue weighted by Crippen LogP contribution is 2.24. The normalized spacial score (nSPS) is 11.1. The second kappa shape index (κ2) is 5.67. The molecule has 1 aromatic rings. The first-order valence-electron chi connectivity index (χ1n) is 5.06. The quantitative estimate of drug-likeness (QED) is 0.829. The van der Waals surface area contributed by atoms with Crippen LogP contribution in [-0.2, 0) is 9.59 Å². The van der Waals surface area contributed by atoms with Gasteiger partial charge < -0.3 is 10.4 Å². The zero-order valence-corrected chi connectivity index (χ0v) is 12.2. The third kappa shape index (κ3) is 3.96. The van der Waals surface area contributed by atoms with Gasteiger partial charge in [-0.2, -0.15) is 0 Å². The number of aliphatic carboxylic acids is 1. The molecule has 0 spiro atoms.